The zero-order valence-electron chi connectivity index (χ0n) is 18.7. The first kappa shape index (κ1) is 24.0. The quantitative estimate of drug-likeness (QED) is 0.528. The molecule has 0 spiro atoms. The molecule has 33 heavy (non-hydrogen) atoms. The largest absolute Gasteiger partial charge is 0.325 e. The van der Waals surface area contributed by atoms with Gasteiger partial charge < -0.3 is 5.32 Å². The molecule has 2 N–H and O–H groups in total. The van der Waals surface area contributed by atoms with E-state index in [0.717, 1.165) is 11.1 Å². The van der Waals surface area contributed by atoms with Gasteiger partial charge in [-0.05, 0) is 36.4 Å². The van der Waals surface area contributed by atoms with Crippen molar-refractivity contribution in [2.24, 2.45) is 5.92 Å². The molecule has 0 fully saturated rings. The molecule has 9 heteroatoms. The number of nitrogens with zero attached hydrogens (tertiary/aromatic N) is 3. The maximum absolute atomic E-state index is 12.0. The lowest BCUT2D eigenvalue weighted by Gasteiger charge is -2.11. The Balaban J connectivity index is 1.78. The molecule has 1 amide bonds. The molecule has 0 saturated carbocycles. The summed E-state index contributed by atoms with van der Waals surface area (Å²) in [6, 6.07) is 16.4. The van der Waals surface area contributed by atoms with E-state index in [2.05, 4.69) is 26.1 Å². The van der Waals surface area contributed by atoms with Crippen molar-refractivity contribution in [1.29, 1.82) is 5.26 Å². The van der Waals surface area contributed by atoms with Gasteiger partial charge in [-0.25, -0.2) is 23.1 Å². The van der Waals surface area contributed by atoms with Crippen LogP contribution in [-0.2, 0) is 27.0 Å². The van der Waals surface area contributed by atoms with Gasteiger partial charge in [-0.1, -0.05) is 44.2 Å². The summed E-state index contributed by atoms with van der Waals surface area (Å²) in [5.41, 5.74) is 3.86. The number of sulfonamides is 1. The van der Waals surface area contributed by atoms with Gasteiger partial charge in [-0.15, -0.1) is 0 Å². The van der Waals surface area contributed by atoms with Gasteiger partial charge in [0.25, 0.3) is 0 Å². The predicted molar refractivity (Wildman–Crippen MR) is 127 cm³/mol. The van der Waals surface area contributed by atoms with Crippen LogP contribution in [-0.4, -0.2) is 31.3 Å². The molecular formula is C24H25N5O3S. The highest BCUT2D eigenvalue weighted by Gasteiger charge is 2.13. The summed E-state index contributed by atoms with van der Waals surface area (Å²) >= 11 is 0. The topological polar surface area (TPSA) is 125 Å². The van der Waals surface area contributed by atoms with Crippen molar-refractivity contribution in [1.82, 2.24) is 14.7 Å². The molecule has 170 valence electrons. The van der Waals surface area contributed by atoms with Crippen molar-refractivity contribution in [2.45, 2.75) is 26.0 Å². The van der Waals surface area contributed by atoms with E-state index >= 15 is 0 Å². The zero-order chi connectivity index (χ0) is 24.0. The molecular weight excluding hydrogens is 438 g/mol. The second-order valence-corrected chi connectivity index (χ2v) is 9.76. The Labute approximate surface area is 193 Å². The van der Waals surface area contributed by atoms with E-state index in [-0.39, 0.29) is 17.6 Å². The fourth-order valence-corrected chi connectivity index (χ4v) is 3.83. The number of nitriles is 1. The molecule has 0 aliphatic carbocycles. The van der Waals surface area contributed by atoms with E-state index in [4.69, 9.17) is 0 Å². The molecule has 1 heterocycles. The van der Waals surface area contributed by atoms with Gasteiger partial charge in [0.1, 0.15) is 11.9 Å². The lowest BCUT2D eigenvalue weighted by Crippen LogP contribution is -2.20. The minimum Gasteiger partial charge on any atom is -0.325 e. The van der Waals surface area contributed by atoms with Crippen LogP contribution in [0, 0.1) is 17.2 Å². The first-order valence-electron chi connectivity index (χ1n) is 10.4. The summed E-state index contributed by atoms with van der Waals surface area (Å²) in [5, 5.41) is 12.3. The lowest BCUT2D eigenvalue weighted by atomic mass is 10.1. The van der Waals surface area contributed by atoms with Crippen LogP contribution in [0.2, 0.25) is 0 Å². The normalized spacial score (nSPS) is 11.2. The summed E-state index contributed by atoms with van der Waals surface area (Å²) < 4.78 is 25.7. The first-order valence-corrected chi connectivity index (χ1v) is 12.0. The average Bonchev–Trinajstić information content (AvgIpc) is 2.80. The number of rotatable bonds is 8. The third-order valence-electron chi connectivity index (χ3n) is 4.98. The SMILES string of the molecule is CNS(=O)(=O)Cc1ccc(Cc2nccc(-c3ccc(NC(=O)C(C)C)c(C#N)c3)n2)cc1. The van der Waals surface area contributed by atoms with Gasteiger partial charge >= 0.3 is 0 Å². The number of benzene rings is 2. The molecule has 0 atom stereocenters. The van der Waals surface area contributed by atoms with Gasteiger partial charge in [0.05, 0.1) is 22.7 Å². The Morgan fingerprint density at radius 1 is 1.09 bits per heavy atom. The monoisotopic (exact) mass is 463 g/mol. The number of carbonyl (C=O) groups is 1. The van der Waals surface area contributed by atoms with Crippen molar-refractivity contribution in [2.75, 3.05) is 12.4 Å². The standard InChI is InChI=1S/C24H25N5O3S/c1-16(2)24(30)29-21-9-8-19(13-20(21)14-25)22-10-11-27-23(28-22)12-17-4-6-18(7-5-17)15-33(31,32)26-3/h4-11,13,16,26H,12,15H2,1-3H3,(H,29,30). The minimum atomic E-state index is -3.32. The third kappa shape index (κ3) is 6.44. The Kier molecular flexibility index (Phi) is 7.53. The molecule has 0 radical (unpaired) electrons. The van der Waals surface area contributed by atoms with E-state index in [1.54, 1.807) is 56.4 Å². The van der Waals surface area contributed by atoms with Crippen LogP contribution in [0.25, 0.3) is 11.3 Å². The van der Waals surface area contributed by atoms with E-state index < -0.39 is 10.0 Å². The summed E-state index contributed by atoms with van der Waals surface area (Å²) in [5.74, 6) is 0.171. The van der Waals surface area contributed by atoms with Crippen LogP contribution < -0.4 is 10.0 Å². The zero-order valence-corrected chi connectivity index (χ0v) is 19.5. The molecule has 3 rings (SSSR count). The van der Waals surface area contributed by atoms with Crippen LogP contribution in [0.4, 0.5) is 5.69 Å². The van der Waals surface area contributed by atoms with Crippen molar-refractivity contribution < 1.29 is 13.2 Å². The van der Waals surface area contributed by atoms with Gasteiger partial charge in [-0.2, -0.15) is 5.26 Å². The number of amides is 1. The number of hydrogen-bond acceptors (Lipinski definition) is 6. The summed E-state index contributed by atoms with van der Waals surface area (Å²) in [6.07, 6.45) is 2.13. The van der Waals surface area contributed by atoms with Crippen LogP contribution in [0.1, 0.15) is 36.4 Å². The molecule has 2 aromatic carbocycles. The molecule has 1 aromatic heterocycles. The minimum absolute atomic E-state index is 0.0788. The maximum atomic E-state index is 12.0. The average molecular weight is 464 g/mol. The molecule has 0 bridgehead atoms. The highest BCUT2D eigenvalue weighted by Crippen LogP contribution is 2.24. The summed E-state index contributed by atoms with van der Waals surface area (Å²) in [4.78, 5) is 20.9. The van der Waals surface area contributed by atoms with Crippen LogP contribution in [0.3, 0.4) is 0 Å². The fourth-order valence-electron chi connectivity index (χ4n) is 3.05. The Hall–Kier alpha value is -3.61. The maximum Gasteiger partial charge on any atom is 0.226 e. The highest BCUT2D eigenvalue weighted by atomic mass is 32.2. The van der Waals surface area contributed by atoms with Crippen molar-refractivity contribution in [3.63, 3.8) is 0 Å². The molecule has 0 aliphatic rings. The summed E-state index contributed by atoms with van der Waals surface area (Å²) in [7, 11) is -1.93. The van der Waals surface area contributed by atoms with Gasteiger partial charge in [0.2, 0.25) is 15.9 Å². The highest BCUT2D eigenvalue weighted by molar-refractivity contribution is 7.88. The second-order valence-electron chi connectivity index (χ2n) is 7.83. The lowest BCUT2D eigenvalue weighted by molar-refractivity contribution is -0.118. The third-order valence-corrected chi connectivity index (χ3v) is 6.31. The molecule has 0 unspecified atom stereocenters. The Bertz CT molecular complexity index is 1300. The Morgan fingerprint density at radius 2 is 1.79 bits per heavy atom. The van der Waals surface area contributed by atoms with E-state index in [9.17, 15) is 18.5 Å². The number of hydrogen-bond donors (Lipinski definition) is 2. The van der Waals surface area contributed by atoms with Gasteiger partial charge in [0, 0.05) is 24.1 Å². The first-order chi connectivity index (χ1) is 15.7. The van der Waals surface area contributed by atoms with E-state index in [1.165, 1.54) is 7.05 Å². The second kappa shape index (κ2) is 10.3. The molecule has 8 nitrogen and oxygen atoms in total. The van der Waals surface area contributed by atoms with Gasteiger partial charge in [-0.3, -0.25) is 4.79 Å². The molecule has 0 saturated heterocycles. The smallest absolute Gasteiger partial charge is 0.226 e. The van der Waals surface area contributed by atoms with E-state index in [0.29, 0.717) is 34.8 Å². The van der Waals surface area contributed by atoms with Crippen molar-refractivity contribution >= 4 is 21.6 Å². The van der Waals surface area contributed by atoms with Crippen molar-refractivity contribution in [3.05, 3.63) is 77.2 Å². The Morgan fingerprint density at radius 3 is 2.42 bits per heavy atom. The number of aromatic nitrogens is 2. The molecule has 3 aromatic rings. The fraction of sp³-hybridized carbons (Fsp3) is 0.250. The predicted octanol–water partition coefficient (Wildman–Crippen LogP) is 3.25. The number of anilines is 1. The van der Waals surface area contributed by atoms with E-state index in [1.807, 2.05) is 12.1 Å². The van der Waals surface area contributed by atoms with Crippen LogP contribution >= 0.6 is 0 Å². The number of carbonyl (C=O) groups excluding carboxylic acids is 1. The molecule has 0 aliphatic heterocycles. The van der Waals surface area contributed by atoms with Crippen LogP contribution in [0.15, 0.2) is 54.7 Å². The van der Waals surface area contributed by atoms with Gasteiger partial charge in [0.15, 0.2) is 0 Å². The van der Waals surface area contributed by atoms with Crippen molar-refractivity contribution in [3.8, 4) is 17.3 Å². The summed E-state index contributed by atoms with van der Waals surface area (Å²) in [6.45, 7) is 3.58. The number of nitrogens with one attached hydrogen (secondary N) is 2. The van der Waals surface area contributed by atoms with Crippen LogP contribution in [0.5, 0.6) is 0 Å².